The number of nitrogens with zero attached hydrogens (tertiary/aromatic N) is 4. The second kappa shape index (κ2) is 10.4. The zero-order chi connectivity index (χ0) is 25.2. The van der Waals surface area contributed by atoms with Gasteiger partial charge in [-0.05, 0) is 55.6 Å². The normalized spacial score (nSPS) is 18.1. The molecule has 37 heavy (non-hydrogen) atoms. The lowest BCUT2D eigenvalue weighted by Crippen LogP contribution is -2.34. The minimum Gasteiger partial charge on any atom is -0.485 e. The van der Waals surface area contributed by atoms with E-state index in [2.05, 4.69) is 27.0 Å². The van der Waals surface area contributed by atoms with E-state index in [0.29, 0.717) is 42.1 Å². The van der Waals surface area contributed by atoms with Crippen LogP contribution in [0.15, 0.2) is 65.7 Å². The fraction of sp³-hybridized carbons (Fsp3) is 0.321. The van der Waals surface area contributed by atoms with Gasteiger partial charge in [-0.15, -0.1) is 0 Å². The van der Waals surface area contributed by atoms with Gasteiger partial charge in [0.2, 0.25) is 0 Å². The maximum atomic E-state index is 11.5. The molecule has 0 amide bonds. The van der Waals surface area contributed by atoms with Crippen molar-refractivity contribution in [2.24, 2.45) is 0 Å². The number of para-hydroxylation sites is 1. The van der Waals surface area contributed by atoms with Gasteiger partial charge in [-0.1, -0.05) is 35.9 Å². The molecule has 1 atom stereocenters. The fourth-order valence-corrected chi connectivity index (χ4v) is 5.33. The Morgan fingerprint density at radius 2 is 1.89 bits per heavy atom. The van der Waals surface area contributed by atoms with Gasteiger partial charge in [-0.3, -0.25) is 9.69 Å². The molecule has 1 fully saturated rings. The summed E-state index contributed by atoms with van der Waals surface area (Å²) >= 11 is 6.04. The molecule has 9 heteroatoms. The standard InChI is InChI=1S/C28H27ClN4O4/c29-21-6-4-20(5-7-21)26-17-35-28-24(2-1-3-25(28)37-26)19-8-10-32(11-9-19)15-27-31-12-22(16-34)33(27)14-23-13-30-18-36-23/h1-7,12-13,16,18-19,26H,8-11,14-15,17H2. The summed E-state index contributed by atoms with van der Waals surface area (Å²) in [5, 5.41) is 0.706. The SMILES string of the molecule is O=Cc1cnc(CN2CCC(c3cccc4c3OCC(c3ccc(Cl)cc3)O4)CC2)n1Cc1cnco1. The smallest absolute Gasteiger partial charge is 0.180 e. The molecular weight excluding hydrogens is 492 g/mol. The molecular formula is C28H27ClN4O4. The zero-order valence-electron chi connectivity index (χ0n) is 20.3. The van der Waals surface area contributed by atoms with E-state index < -0.39 is 0 Å². The van der Waals surface area contributed by atoms with Crippen LogP contribution < -0.4 is 9.47 Å². The van der Waals surface area contributed by atoms with E-state index in [1.54, 1.807) is 12.4 Å². The molecule has 2 aliphatic heterocycles. The van der Waals surface area contributed by atoms with Crippen LogP contribution in [0.3, 0.4) is 0 Å². The van der Waals surface area contributed by atoms with Crippen LogP contribution in [0, 0.1) is 0 Å². The number of piperidine rings is 1. The average molecular weight is 519 g/mol. The third-order valence-electron chi connectivity index (χ3n) is 7.18. The van der Waals surface area contributed by atoms with E-state index >= 15 is 0 Å². The summed E-state index contributed by atoms with van der Waals surface area (Å²) in [5.74, 6) is 3.59. The maximum Gasteiger partial charge on any atom is 0.180 e. The first-order valence-electron chi connectivity index (χ1n) is 12.4. The fourth-order valence-electron chi connectivity index (χ4n) is 5.20. The number of aromatic nitrogens is 3. The Kier molecular flexibility index (Phi) is 6.68. The van der Waals surface area contributed by atoms with Gasteiger partial charge in [-0.2, -0.15) is 0 Å². The third-order valence-corrected chi connectivity index (χ3v) is 7.43. The number of rotatable bonds is 7. The van der Waals surface area contributed by atoms with E-state index in [1.165, 1.54) is 12.0 Å². The van der Waals surface area contributed by atoms with Crippen molar-refractivity contribution in [3.8, 4) is 11.5 Å². The number of aldehydes is 1. The highest BCUT2D eigenvalue weighted by Crippen LogP contribution is 2.44. The van der Waals surface area contributed by atoms with E-state index in [4.69, 9.17) is 25.5 Å². The molecule has 0 bridgehead atoms. The molecule has 1 unspecified atom stereocenters. The van der Waals surface area contributed by atoms with Crippen molar-refractivity contribution < 1.29 is 18.7 Å². The van der Waals surface area contributed by atoms with Crippen LogP contribution in [0.4, 0.5) is 0 Å². The highest BCUT2D eigenvalue weighted by molar-refractivity contribution is 6.30. The molecule has 0 N–H and O–H groups in total. The highest BCUT2D eigenvalue weighted by Gasteiger charge is 2.30. The number of oxazole rings is 1. The summed E-state index contributed by atoms with van der Waals surface area (Å²) in [6.45, 7) is 3.42. The molecule has 2 aliphatic rings. The van der Waals surface area contributed by atoms with Crippen molar-refractivity contribution in [2.75, 3.05) is 19.7 Å². The van der Waals surface area contributed by atoms with Crippen molar-refractivity contribution in [1.82, 2.24) is 19.4 Å². The monoisotopic (exact) mass is 518 g/mol. The number of imidazole rings is 1. The van der Waals surface area contributed by atoms with Crippen LogP contribution in [-0.2, 0) is 13.1 Å². The van der Waals surface area contributed by atoms with Crippen LogP contribution in [0.2, 0.25) is 5.02 Å². The number of likely N-dealkylation sites (tertiary alicyclic amines) is 1. The number of ether oxygens (including phenoxy) is 2. The number of hydrogen-bond acceptors (Lipinski definition) is 7. The topological polar surface area (TPSA) is 82.6 Å². The van der Waals surface area contributed by atoms with Crippen LogP contribution in [0.1, 0.15) is 58.1 Å². The van der Waals surface area contributed by atoms with Crippen molar-refractivity contribution in [3.05, 3.63) is 94.7 Å². The summed E-state index contributed by atoms with van der Waals surface area (Å²) in [4.78, 5) is 22.4. The quantitative estimate of drug-likeness (QED) is 0.308. The molecule has 4 heterocycles. The third kappa shape index (κ3) is 4.99. The number of hydrogen-bond donors (Lipinski definition) is 0. The van der Waals surface area contributed by atoms with Crippen molar-refractivity contribution in [3.63, 3.8) is 0 Å². The van der Waals surface area contributed by atoms with Gasteiger partial charge in [0, 0.05) is 10.6 Å². The predicted molar refractivity (Wildman–Crippen MR) is 137 cm³/mol. The molecule has 4 aromatic rings. The molecule has 0 radical (unpaired) electrons. The Hall–Kier alpha value is -3.62. The van der Waals surface area contributed by atoms with E-state index in [1.807, 2.05) is 34.9 Å². The number of benzene rings is 2. The molecule has 190 valence electrons. The molecule has 6 rings (SSSR count). The van der Waals surface area contributed by atoms with Crippen LogP contribution in [0.5, 0.6) is 11.5 Å². The number of halogens is 1. The molecule has 0 saturated carbocycles. The van der Waals surface area contributed by atoms with Crippen molar-refractivity contribution in [1.29, 1.82) is 0 Å². The largest absolute Gasteiger partial charge is 0.485 e. The Labute approximate surface area is 219 Å². The lowest BCUT2D eigenvalue weighted by Gasteiger charge is -2.34. The molecule has 2 aromatic heterocycles. The lowest BCUT2D eigenvalue weighted by molar-refractivity contribution is 0.0888. The summed E-state index contributed by atoms with van der Waals surface area (Å²) in [6.07, 6.45) is 7.36. The second-order valence-electron chi connectivity index (χ2n) is 9.47. The Bertz CT molecular complexity index is 1360. The molecule has 8 nitrogen and oxygen atoms in total. The zero-order valence-corrected chi connectivity index (χ0v) is 21.0. The summed E-state index contributed by atoms with van der Waals surface area (Å²) in [5.41, 5.74) is 2.79. The Morgan fingerprint density at radius 3 is 2.65 bits per heavy atom. The first-order chi connectivity index (χ1) is 18.2. The molecule has 2 aromatic carbocycles. The minimum absolute atomic E-state index is 0.154. The maximum absolute atomic E-state index is 11.5. The van der Waals surface area contributed by atoms with Crippen molar-refractivity contribution in [2.45, 2.75) is 38.0 Å². The van der Waals surface area contributed by atoms with E-state index in [0.717, 1.165) is 55.1 Å². The van der Waals surface area contributed by atoms with Gasteiger partial charge in [0.15, 0.2) is 30.3 Å². The van der Waals surface area contributed by atoms with Crippen molar-refractivity contribution >= 4 is 17.9 Å². The lowest BCUT2D eigenvalue weighted by atomic mass is 9.88. The molecule has 1 saturated heterocycles. The predicted octanol–water partition coefficient (Wildman–Crippen LogP) is 5.28. The number of carbonyl (C=O) groups is 1. The first-order valence-corrected chi connectivity index (χ1v) is 12.8. The summed E-state index contributed by atoms with van der Waals surface area (Å²) in [7, 11) is 0. The van der Waals surface area contributed by atoms with Crippen LogP contribution in [0.25, 0.3) is 0 Å². The highest BCUT2D eigenvalue weighted by atomic mass is 35.5. The second-order valence-corrected chi connectivity index (χ2v) is 9.90. The van der Waals surface area contributed by atoms with Crippen LogP contribution in [-0.4, -0.2) is 45.4 Å². The summed E-state index contributed by atoms with van der Waals surface area (Å²) in [6, 6.07) is 13.9. The van der Waals surface area contributed by atoms with Crippen LogP contribution >= 0.6 is 11.6 Å². The van der Waals surface area contributed by atoms with Gasteiger partial charge >= 0.3 is 0 Å². The van der Waals surface area contributed by atoms with E-state index in [-0.39, 0.29) is 6.10 Å². The molecule has 0 spiro atoms. The first kappa shape index (κ1) is 23.8. The number of fused-ring (bicyclic) bond motifs is 1. The van der Waals surface area contributed by atoms with Gasteiger partial charge in [0.25, 0.3) is 0 Å². The summed E-state index contributed by atoms with van der Waals surface area (Å²) < 4.78 is 19.9. The van der Waals surface area contributed by atoms with Gasteiger partial charge < -0.3 is 18.5 Å². The Balaban J connectivity index is 1.11. The van der Waals surface area contributed by atoms with Gasteiger partial charge in [0.05, 0.1) is 25.5 Å². The number of carbonyl (C=O) groups excluding carboxylic acids is 1. The van der Waals surface area contributed by atoms with E-state index in [9.17, 15) is 4.79 Å². The average Bonchev–Trinajstić information content (AvgIpc) is 3.59. The molecule has 0 aliphatic carbocycles. The van der Waals surface area contributed by atoms with Gasteiger partial charge in [0.1, 0.15) is 23.9 Å². The Morgan fingerprint density at radius 1 is 1.05 bits per heavy atom. The van der Waals surface area contributed by atoms with Gasteiger partial charge in [-0.25, -0.2) is 9.97 Å². The minimum atomic E-state index is -0.154.